The molecule has 0 unspecified atom stereocenters. The predicted octanol–water partition coefficient (Wildman–Crippen LogP) is 2.90. The number of carbonyl (C=O) groups excluding carboxylic acids is 1. The van der Waals surface area contributed by atoms with Crippen LogP contribution in [0.3, 0.4) is 0 Å². The maximum absolute atomic E-state index is 12.9. The molecule has 0 aliphatic carbocycles. The summed E-state index contributed by atoms with van der Waals surface area (Å²) in [4.78, 5) is 29.7. The lowest BCUT2D eigenvalue weighted by Crippen LogP contribution is -2.45. The van der Waals surface area contributed by atoms with Crippen LogP contribution in [0.1, 0.15) is 24.8 Å². The van der Waals surface area contributed by atoms with Gasteiger partial charge in [0.2, 0.25) is 5.91 Å². The molecule has 0 atom stereocenters. The number of amides is 1. The molecule has 0 N–H and O–H groups in total. The Balaban J connectivity index is 1.37. The fourth-order valence-corrected chi connectivity index (χ4v) is 4.86. The second kappa shape index (κ2) is 11.1. The summed E-state index contributed by atoms with van der Waals surface area (Å²) >= 11 is 7.50. The molecule has 4 rings (SSSR count). The third kappa shape index (κ3) is 6.32. The summed E-state index contributed by atoms with van der Waals surface area (Å²) in [5.74, 6) is 0.323. The Morgan fingerprint density at radius 1 is 1.30 bits per heavy atom. The Hall–Kier alpha value is -2.45. The quantitative estimate of drug-likeness (QED) is 0.315. The van der Waals surface area contributed by atoms with Crippen molar-refractivity contribution in [3.05, 3.63) is 41.3 Å². The van der Waals surface area contributed by atoms with E-state index in [4.69, 9.17) is 26.3 Å². The summed E-state index contributed by atoms with van der Waals surface area (Å²) in [6.07, 6.45) is 5.19. The van der Waals surface area contributed by atoms with Gasteiger partial charge in [-0.1, -0.05) is 29.4 Å². The smallest absolute Gasteiger partial charge is 0.233 e. The highest BCUT2D eigenvalue weighted by Gasteiger charge is 2.40. The van der Waals surface area contributed by atoms with Crippen LogP contribution in [0.25, 0.3) is 0 Å². The maximum atomic E-state index is 12.9. The van der Waals surface area contributed by atoms with E-state index in [0.717, 1.165) is 37.3 Å². The summed E-state index contributed by atoms with van der Waals surface area (Å²) in [6.45, 7) is 3.51. The van der Waals surface area contributed by atoms with Gasteiger partial charge >= 0.3 is 0 Å². The van der Waals surface area contributed by atoms with Crippen LogP contribution in [0.15, 0.2) is 35.7 Å². The minimum atomic E-state index is -0.460. The largest absolute Gasteiger partial charge is 0.356 e. The summed E-state index contributed by atoms with van der Waals surface area (Å²) in [5, 5.41) is 9.74. The molecule has 0 bridgehead atoms. The molecule has 1 spiro atoms. The number of ether oxygens (including phenoxy) is 2. The minimum absolute atomic E-state index is 0.0975. The highest BCUT2D eigenvalue weighted by molar-refractivity contribution is 7.99. The Morgan fingerprint density at radius 2 is 2.09 bits per heavy atom. The van der Waals surface area contributed by atoms with Crippen LogP contribution in [-0.2, 0) is 20.8 Å². The number of carbonyl (C=O) groups is 1. The third-order valence-corrected chi connectivity index (χ3v) is 6.62. The van der Waals surface area contributed by atoms with Gasteiger partial charge in [-0.25, -0.2) is 9.97 Å². The first-order valence-electron chi connectivity index (χ1n) is 10.8. The molecule has 2 aromatic rings. The van der Waals surface area contributed by atoms with Crippen molar-refractivity contribution in [2.45, 2.75) is 36.8 Å². The lowest BCUT2D eigenvalue weighted by molar-refractivity contribution is -0.169. The van der Waals surface area contributed by atoms with Crippen LogP contribution in [-0.4, -0.2) is 70.1 Å². The number of hydrogen-bond donors (Lipinski definition) is 0. The Labute approximate surface area is 202 Å². The number of hydrogen-bond acceptors (Lipinski definition) is 9. The summed E-state index contributed by atoms with van der Waals surface area (Å²) in [7, 11) is 0. The minimum Gasteiger partial charge on any atom is -0.356 e. The highest BCUT2D eigenvalue weighted by atomic mass is 35.5. The number of nitriles is 1. The van der Waals surface area contributed by atoms with Crippen molar-refractivity contribution >= 4 is 35.1 Å². The van der Waals surface area contributed by atoms with Crippen LogP contribution < -0.4 is 4.90 Å². The molecule has 2 fully saturated rings. The lowest BCUT2D eigenvalue weighted by Gasteiger charge is -2.38. The molecular formula is C22H25ClN6O3S. The first-order valence-corrected chi connectivity index (χ1v) is 12.2. The topological polar surface area (TPSA) is 104 Å². The van der Waals surface area contributed by atoms with Gasteiger partial charge in [-0.15, -0.1) is 0 Å². The van der Waals surface area contributed by atoms with E-state index >= 15 is 0 Å². The molecule has 2 aliphatic rings. The number of anilines is 1. The van der Waals surface area contributed by atoms with Crippen molar-refractivity contribution in [2.24, 2.45) is 0 Å². The van der Waals surface area contributed by atoms with Crippen LogP contribution in [0.4, 0.5) is 5.82 Å². The highest BCUT2D eigenvalue weighted by Crippen LogP contribution is 2.33. The van der Waals surface area contributed by atoms with E-state index in [1.807, 2.05) is 12.1 Å². The zero-order valence-corrected chi connectivity index (χ0v) is 19.7. The van der Waals surface area contributed by atoms with Crippen molar-refractivity contribution in [3.8, 4) is 6.07 Å². The Morgan fingerprint density at radius 3 is 2.79 bits per heavy atom. The lowest BCUT2D eigenvalue weighted by atomic mass is 10.0. The van der Waals surface area contributed by atoms with Gasteiger partial charge in [0.1, 0.15) is 11.0 Å². The first-order chi connectivity index (χ1) is 16.1. The molecule has 0 aromatic carbocycles. The average Bonchev–Trinajstić information content (AvgIpc) is 3.28. The average molecular weight is 489 g/mol. The summed E-state index contributed by atoms with van der Waals surface area (Å²) < 4.78 is 11.6. The number of nitrogens with zero attached hydrogens (tertiary/aromatic N) is 6. The number of rotatable bonds is 8. The van der Waals surface area contributed by atoms with E-state index in [0.29, 0.717) is 36.6 Å². The molecule has 2 aromatic heterocycles. The number of pyridine rings is 1. The van der Waals surface area contributed by atoms with Gasteiger partial charge in [0.15, 0.2) is 10.9 Å². The third-order valence-electron chi connectivity index (χ3n) is 5.59. The number of piperidine rings is 1. The fourth-order valence-electron chi connectivity index (χ4n) is 3.88. The van der Waals surface area contributed by atoms with Crippen molar-refractivity contribution in [3.63, 3.8) is 0 Å². The summed E-state index contributed by atoms with van der Waals surface area (Å²) in [5.41, 5.74) is 0.910. The van der Waals surface area contributed by atoms with Crippen molar-refractivity contribution < 1.29 is 14.3 Å². The standard InChI is InChI=1S/C22H25ClN6O3S/c23-18-13-19(28-9-4-22(5-10-28)31-11-12-32-22)27-21(26-18)33-16-20(30)29(8-2-6-24)15-17-3-1-7-25-14-17/h1,3,7,13-14H,2,4-5,8-12,15-16H2. The van der Waals surface area contributed by atoms with Gasteiger partial charge in [-0.3, -0.25) is 9.78 Å². The normalized spacial score (nSPS) is 17.2. The molecule has 174 valence electrons. The van der Waals surface area contributed by atoms with E-state index in [9.17, 15) is 4.79 Å². The molecular weight excluding hydrogens is 464 g/mol. The van der Waals surface area contributed by atoms with Gasteiger partial charge < -0.3 is 19.3 Å². The second-order valence-corrected chi connectivity index (χ2v) is 9.13. The monoisotopic (exact) mass is 488 g/mol. The second-order valence-electron chi connectivity index (χ2n) is 7.80. The zero-order chi connectivity index (χ0) is 23.1. The molecule has 2 saturated heterocycles. The molecule has 1 amide bonds. The van der Waals surface area contributed by atoms with Gasteiger partial charge in [0.25, 0.3) is 0 Å². The van der Waals surface area contributed by atoms with E-state index < -0.39 is 5.79 Å². The van der Waals surface area contributed by atoms with Gasteiger partial charge in [-0.2, -0.15) is 5.26 Å². The Kier molecular flexibility index (Phi) is 7.98. The molecule has 0 saturated carbocycles. The molecule has 33 heavy (non-hydrogen) atoms. The molecule has 4 heterocycles. The zero-order valence-electron chi connectivity index (χ0n) is 18.2. The van der Waals surface area contributed by atoms with Crippen molar-refractivity contribution in [1.29, 1.82) is 5.26 Å². The number of aromatic nitrogens is 3. The van der Waals surface area contributed by atoms with Crippen LogP contribution in [0.2, 0.25) is 5.15 Å². The van der Waals surface area contributed by atoms with Crippen molar-refractivity contribution in [2.75, 3.05) is 43.5 Å². The maximum Gasteiger partial charge on any atom is 0.233 e. The van der Waals surface area contributed by atoms with Gasteiger partial charge in [0.05, 0.1) is 31.5 Å². The number of halogens is 1. The predicted molar refractivity (Wildman–Crippen MR) is 124 cm³/mol. The first kappa shape index (κ1) is 23.7. The molecule has 9 nitrogen and oxygen atoms in total. The van der Waals surface area contributed by atoms with Crippen LogP contribution >= 0.6 is 23.4 Å². The van der Waals surface area contributed by atoms with E-state index in [2.05, 4.69) is 25.9 Å². The molecule has 2 aliphatic heterocycles. The SMILES string of the molecule is N#CCCN(Cc1cccnc1)C(=O)CSc1nc(Cl)cc(N2CCC3(CC2)OCCO3)n1. The van der Waals surface area contributed by atoms with Crippen LogP contribution in [0, 0.1) is 11.3 Å². The molecule has 0 radical (unpaired) electrons. The van der Waals surface area contributed by atoms with E-state index in [-0.39, 0.29) is 18.1 Å². The van der Waals surface area contributed by atoms with E-state index in [1.165, 1.54) is 11.8 Å². The van der Waals surface area contributed by atoms with Gasteiger partial charge in [-0.05, 0) is 11.6 Å². The number of thioether (sulfide) groups is 1. The van der Waals surface area contributed by atoms with Crippen LogP contribution in [0.5, 0.6) is 0 Å². The molecule has 11 heteroatoms. The fraction of sp³-hybridized carbons (Fsp3) is 0.500. The Bertz CT molecular complexity index is 989. The van der Waals surface area contributed by atoms with E-state index in [1.54, 1.807) is 23.4 Å². The van der Waals surface area contributed by atoms with Gasteiger partial charge in [0, 0.05) is 57.5 Å². The summed E-state index contributed by atoms with van der Waals surface area (Å²) in [6, 6.07) is 7.57. The van der Waals surface area contributed by atoms with Crippen molar-refractivity contribution in [1.82, 2.24) is 19.9 Å².